The predicted octanol–water partition coefficient (Wildman–Crippen LogP) is 3.92. The summed E-state index contributed by atoms with van der Waals surface area (Å²) in [5.74, 6) is -0.370. The summed E-state index contributed by atoms with van der Waals surface area (Å²) in [4.78, 5) is 34.8. The van der Waals surface area contributed by atoms with Gasteiger partial charge in [-0.2, -0.15) is 0 Å². The molecule has 31 heavy (non-hydrogen) atoms. The van der Waals surface area contributed by atoms with Gasteiger partial charge in [0.1, 0.15) is 5.82 Å². The van der Waals surface area contributed by atoms with Crippen molar-refractivity contribution in [3.63, 3.8) is 0 Å². The summed E-state index contributed by atoms with van der Waals surface area (Å²) in [6.07, 6.45) is 0.915. The lowest BCUT2D eigenvalue weighted by Gasteiger charge is -2.40. The standard InChI is InChI=1S/C21H15Cl2FN4O3/c1-26-18-17(19(29)28(21(26)30)9-13-14(22)3-2-4-15(13)23)27-10-16(31-20(27)25-18)11-5-7-12(24)8-6-11/h2-8,10,17-18H,9H2,1H3. The highest BCUT2D eigenvalue weighted by Gasteiger charge is 2.54. The lowest BCUT2D eigenvalue weighted by molar-refractivity contribution is -0.137. The topological polar surface area (TPSA) is 65.5 Å². The van der Waals surface area contributed by atoms with Crippen molar-refractivity contribution >= 4 is 46.9 Å². The van der Waals surface area contributed by atoms with Gasteiger partial charge in [0.15, 0.2) is 18.0 Å². The Balaban J connectivity index is 1.46. The minimum atomic E-state index is -0.795. The molecule has 0 radical (unpaired) electrons. The molecule has 0 bridgehead atoms. The molecule has 3 amide bonds. The fourth-order valence-corrected chi connectivity index (χ4v) is 4.33. The van der Waals surface area contributed by atoms with Crippen molar-refractivity contribution in [3.8, 4) is 0 Å². The second kappa shape index (κ2) is 7.25. The number of carbonyl (C=O) groups excluding carboxylic acids is 2. The van der Waals surface area contributed by atoms with Crippen LogP contribution in [0.1, 0.15) is 11.1 Å². The van der Waals surface area contributed by atoms with Crippen molar-refractivity contribution in [3.05, 3.63) is 75.7 Å². The molecule has 0 aliphatic carbocycles. The van der Waals surface area contributed by atoms with Gasteiger partial charge in [-0.25, -0.2) is 14.2 Å². The molecular formula is C21H15Cl2FN4O3. The summed E-state index contributed by atoms with van der Waals surface area (Å²) in [5.41, 5.74) is 1.13. The van der Waals surface area contributed by atoms with Crippen LogP contribution in [0.5, 0.6) is 0 Å². The molecule has 0 spiro atoms. The van der Waals surface area contributed by atoms with Crippen LogP contribution in [0.3, 0.4) is 0 Å². The van der Waals surface area contributed by atoms with E-state index in [2.05, 4.69) is 4.99 Å². The van der Waals surface area contributed by atoms with Gasteiger partial charge < -0.3 is 9.64 Å². The molecule has 10 heteroatoms. The van der Waals surface area contributed by atoms with Crippen LogP contribution < -0.4 is 0 Å². The smallest absolute Gasteiger partial charge is 0.328 e. The third kappa shape index (κ3) is 3.14. The third-order valence-corrected chi connectivity index (χ3v) is 6.17. The Morgan fingerprint density at radius 3 is 2.45 bits per heavy atom. The van der Waals surface area contributed by atoms with Crippen molar-refractivity contribution in [1.82, 2.24) is 14.7 Å². The number of amides is 3. The summed E-state index contributed by atoms with van der Waals surface area (Å²) in [7, 11) is 1.57. The Kier molecular flexibility index (Phi) is 4.64. The van der Waals surface area contributed by atoms with Gasteiger partial charge in [0.05, 0.1) is 12.7 Å². The number of fused-ring (bicyclic) bond motifs is 3. The Morgan fingerprint density at radius 2 is 1.77 bits per heavy atom. The average molecular weight is 461 g/mol. The van der Waals surface area contributed by atoms with E-state index in [4.69, 9.17) is 27.9 Å². The second-order valence-electron chi connectivity index (χ2n) is 7.30. The summed E-state index contributed by atoms with van der Waals surface area (Å²) >= 11 is 12.5. The molecule has 2 aromatic carbocycles. The number of likely N-dealkylation sites (N-methyl/N-ethyl adjacent to an activating group) is 1. The molecular weight excluding hydrogens is 446 g/mol. The summed E-state index contributed by atoms with van der Waals surface area (Å²) in [6, 6.07) is 9.69. The van der Waals surface area contributed by atoms with Gasteiger partial charge in [-0.1, -0.05) is 29.3 Å². The van der Waals surface area contributed by atoms with E-state index in [1.807, 2.05) is 0 Å². The Morgan fingerprint density at radius 1 is 1.10 bits per heavy atom. The monoisotopic (exact) mass is 460 g/mol. The molecule has 2 atom stereocenters. The van der Waals surface area contributed by atoms with Crippen LogP contribution in [-0.2, 0) is 16.1 Å². The van der Waals surface area contributed by atoms with Crippen LogP contribution >= 0.6 is 23.2 Å². The van der Waals surface area contributed by atoms with Gasteiger partial charge in [-0.3, -0.25) is 14.6 Å². The minimum Gasteiger partial charge on any atom is -0.423 e. The predicted molar refractivity (Wildman–Crippen MR) is 112 cm³/mol. The molecule has 3 aliphatic heterocycles. The molecule has 7 nitrogen and oxygen atoms in total. The van der Waals surface area contributed by atoms with Crippen molar-refractivity contribution in [2.75, 3.05) is 7.05 Å². The van der Waals surface area contributed by atoms with Gasteiger partial charge in [0, 0.05) is 28.2 Å². The van der Waals surface area contributed by atoms with Gasteiger partial charge in [0.25, 0.3) is 11.9 Å². The van der Waals surface area contributed by atoms with Crippen molar-refractivity contribution < 1.29 is 18.7 Å². The molecule has 1 fully saturated rings. The number of urea groups is 1. The van der Waals surface area contributed by atoms with Crippen molar-refractivity contribution in [1.29, 1.82) is 0 Å². The fourth-order valence-electron chi connectivity index (χ4n) is 3.82. The molecule has 1 saturated heterocycles. The largest absolute Gasteiger partial charge is 0.423 e. The van der Waals surface area contributed by atoms with E-state index < -0.39 is 24.1 Å². The number of halogens is 3. The first kappa shape index (κ1) is 19.8. The zero-order valence-electron chi connectivity index (χ0n) is 16.1. The SMILES string of the molecule is CN1C(=O)N(Cc2c(Cl)cccc2Cl)C(=O)C2C1N=C1OC(c3ccc(F)cc3)=CN12. The lowest BCUT2D eigenvalue weighted by atomic mass is 10.1. The Hall–Kier alpha value is -3.10. The number of rotatable bonds is 3. The van der Waals surface area contributed by atoms with Crippen LogP contribution in [0.25, 0.3) is 5.76 Å². The normalized spacial score (nSPS) is 22.3. The van der Waals surface area contributed by atoms with Crippen molar-refractivity contribution in [2.24, 2.45) is 4.99 Å². The number of benzene rings is 2. The number of hydrogen-bond donors (Lipinski definition) is 0. The van der Waals surface area contributed by atoms with Gasteiger partial charge >= 0.3 is 6.03 Å². The summed E-state index contributed by atoms with van der Waals surface area (Å²) in [5, 5.41) is 0.730. The van der Waals surface area contributed by atoms with Gasteiger partial charge in [-0.05, 0) is 36.4 Å². The molecule has 2 unspecified atom stereocenters. The lowest BCUT2D eigenvalue weighted by Crippen LogP contribution is -2.63. The van der Waals surface area contributed by atoms with E-state index in [9.17, 15) is 14.0 Å². The fraction of sp³-hybridized carbons (Fsp3) is 0.190. The highest BCUT2D eigenvalue weighted by Crippen LogP contribution is 2.36. The number of ether oxygens (including phenoxy) is 1. The third-order valence-electron chi connectivity index (χ3n) is 5.46. The molecule has 158 valence electrons. The molecule has 0 aromatic heterocycles. The second-order valence-corrected chi connectivity index (χ2v) is 8.11. The van der Waals surface area contributed by atoms with Gasteiger partial charge in [0.2, 0.25) is 0 Å². The number of amidine groups is 1. The first-order valence-corrected chi connectivity index (χ1v) is 10.1. The first-order valence-electron chi connectivity index (χ1n) is 9.38. The molecule has 3 aliphatic rings. The maximum atomic E-state index is 13.4. The summed E-state index contributed by atoms with van der Waals surface area (Å²) in [6.45, 7) is -0.0672. The van der Waals surface area contributed by atoms with E-state index >= 15 is 0 Å². The van der Waals surface area contributed by atoms with E-state index in [-0.39, 0.29) is 18.4 Å². The highest BCUT2D eigenvalue weighted by molar-refractivity contribution is 6.36. The minimum absolute atomic E-state index is 0.0672. The van der Waals surface area contributed by atoms with E-state index in [1.54, 1.807) is 48.5 Å². The molecule has 2 aromatic rings. The van der Waals surface area contributed by atoms with Crippen LogP contribution in [0.15, 0.2) is 53.7 Å². The van der Waals surface area contributed by atoms with Gasteiger partial charge in [-0.15, -0.1) is 0 Å². The van der Waals surface area contributed by atoms with Crippen LogP contribution in [-0.4, -0.2) is 51.9 Å². The maximum Gasteiger partial charge on any atom is 0.328 e. The molecule has 0 saturated carbocycles. The van der Waals surface area contributed by atoms with Crippen LogP contribution in [0.2, 0.25) is 10.0 Å². The average Bonchev–Trinajstić information content (AvgIpc) is 3.30. The van der Waals surface area contributed by atoms with Crippen LogP contribution in [0, 0.1) is 5.82 Å². The maximum absolute atomic E-state index is 13.4. The van der Waals surface area contributed by atoms with E-state index in [0.29, 0.717) is 26.9 Å². The molecule has 0 N–H and O–H groups in total. The van der Waals surface area contributed by atoms with E-state index in [0.717, 1.165) is 4.90 Å². The van der Waals surface area contributed by atoms with Crippen LogP contribution in [0.4, 0.5) is 9.18 Å². The Labute approximate surface area is 186 Å². The number of nitrogens with zero attached hydrogens (tertiary/aromatic N) is 4. The zero-order chi connectivity index (χ0) is 21.9. The molecule has 3 heterocycles. The Bertz CT molecular complexity index is 1150. The number of carbonyl (C=O) groups is 2. The number of hydrogen-bond acceptors (Lipinski definition) is 5. The quantitative estimate of drug-likeness (QED) is 0.695. The first-order chi connectivity index (χ1) is 14.8. The summed E-state index contributed by atoms with van der Waals surface area (Å²) < 4.78 is 19.0. The highest BCUT2D eigenvalue weighted by atomic mass is 35.5. The van der Waals surface area contributed by atoms with Crippen molar-refractivity contribution in [2.45, 2.75) is 18.8 Å². The zero-order valence-corrected chi connectivity index (χ0v) is 17.6. The molecule has 5 rings (SSSR count). The number of imide groups is 1. The van der Waals surface area contributed by atoms with E-state index in [1.165, 1.54) is 17.0 Å². The number of aliphatic imine (C=N–C) groups is 1.